The smallest absolute Gasteiger partial charge is 0.229 e. The number of nitrogens with one attached hydrogen (secondary N) is 3. The number of ether oxygens (including phenoxy) is 4. The van der Waals surface area contributed by atoms with Gasteiger partial charge in [-0.2, -0.15) is 15.0 Å². The van der Waals surface area contributed by atoms with Crippen LogP contribution in [0.15, 0.2) is 78.9 Å². The monoisotopic (exact) mass is 601 g/mol. The maximum Gasteiger partial charge on any atom is 0.229 e. The van der Waals surface area contributed by atoms with Crippen molar-refractivity contribution in [2.45, 2.75) is 18.9 Å². The summed E-state index contributed by atoms with van der Waals surface area (Å²) in [7, 11) is 3.24. The van der Waals surface area contributed by atoms with Crippen molar-refractivity contribution in [2.75, 3.05) is 76.2 Å². The first kappa shape index (κ1) is 32.5. The minimum atomic E-state index is 0.230. The van der Waals surface area contributed by atoms with Gasteiger partial charge in [-0.3, -0.25) is 0 Å². The summed E-state index contributed by atoms with van der Waals surface area (Å²) in [6, 6.07) is 26.8. The van der Waals surface area contributed by atoms with E-state index >= 15 is 0 Å². The highest BCUT2D eigenvalue weighted by Gasteiger charge is 2.15. The maximum absolute atomic E-state index is 5.63. The first-order valence-electron chi connectivity index (χ1n) is 14.8. The Morgan fingerprint density at radius 2 is 1.23 bits per heavy atom. The number of para-hydroxylation sites is 1. The van der Waals surface area contributed by atoms with Crippen LogP contribution in [0.25, 0.3) is 0 Å². The first-order chi connectivity index (χ1) is 21.7. The molecule has 0 radical (unpaired) electrons. The highest BCUT2D eigenvalue weighted by Crippen LogP contribution is 2.31. The van der Waals surface area contributed by atoms with Gasteiger partial charge in [-0.1, -0.05) is 72.8 Å². The lowest BCUT2D eigenvalue weighted by Crippen LogP contribution is -2.18. The van der Waals surface area contributed by atoms with Crippen molar-refractivity contribution in [3.63, 3.8) is 0 Å². The molecule has 0 fully saturated rings. The van der Waals surface area contributed by atoms with Gasteiger partial charge in [0.15, 0.2) is 11.5 Å². The van der Waals surface area contributed by atoms with Gasteiger partial charge < -0.3 is 40.6 Å². The van der Waals surface area contributed by atoms with Crippen molar-refractivity contribution < 1.29 is 18.9 Å². The Balaban J connectivity index is 1.44. The van der Waals surface area contributed by atoms with E-state index in [1.807, 2.05) is 30.3 Å². The lowest BCUT2D eigenvalue weighted by atomic mass is 9.88. The van der Waals surface area contributed by atoms with Crippen LogP contribution in [0.2, 0.25) is 0 Å². The number of hydrogen-bond acceptors (Lipinski definition) is 11. The van der Waals surface area contributed by atoms with Crippen LogP contribution in [0.3, 0.4) is 0 Å². The van der Waals surface area contributed by atoms with Gasteiger partial charge in [-0.05, 0) is 23.6 Å². The number of nitrogens with two attached hydrogens (primary N) is 1. The van der Waals surface area contributed by atoms with Gasteiger partial charge in [-0.15, -0.1) is 0 Å². The van der Waals surface area contributed by atoms with Crippen molar-refractivity contribution in [3.8, 4) is 11.5 Å². The summed E-state index contributed by atoms with van der Waals surface area (Å²) in [5.74, 6) is 2.88. The average molecular weight is 602 g/mol. The number of rotatable bonds is 20. The Labute approximate surface area is 259 Å². The number of methoxy groups -OCH3 is 2. The van der Waals surface area contributed by atoms with Crippen LogP contribution < -0.4 is 31.2 Å². The summed E-state index contributed by atoms with van der Waals surface area (Å²) in [4.78, 5) is 13.9. The van der Waals surface area contributed by atoms with E-state index in [0.717, 1.165) is 12.0 Å². The van der Waals surface area contributed by atoms with Crippen molar-refractivity contribution >= 4 is 17.8 Å². The lowest BCUT2D eigenvalue weighted by Gasteiger charge is -2.19. The Bertz CT molecular complexity index is 1340. The van der Waals surface area contributed by atoms with Crippen molar-refractivity contribution in [3.05, 3.63) is 95.6 Å². The molecule has 44 heavy (non-hydrogen) atoms. The van der Waals surface area contributed by atoms with Crippen LogP contribution in [0.5, 0.6) is 11.5 Å². The molecule has 0 aliphatic carbocycles. The zero-order valence-corrected chi connectivity index (χ0v) is 25.5. The number of hydrogen-bond donors (Lipinski definition) is 4. The zero-order chi connectivity index (χ0) is 30.8. The van der Waals surface area contributed by atoms with Crippen molar-refractivity contribution in [1.29, 1.82) is 0 Å². The summed E-state index contributed by atoms with van der Waals surface area (Å²) >= 11 is 0. The number of benzene rings is 3. The number of anilines is 3. The second-order valence-electron chi connectivity index (χ2n) is 9.84. The van der Waals surface area contributed by atoms with Crippen LogP contribution in [0.4, 0.5) is 17.8 Å². The second-order valence-corrected chi connectivity index (χ2v) is 9.84. The normalized spacial score (nSPS) is 10.9. The predicted molar refractivity (Wildman–Crippen MR) is 174 cm³/mol. The third kappa shape index (κ3) is 10.1. The zero-order valence-electron chi connectivity index (χ0n) is 25.5. The molecule has 1 heterocycles. The molecule has 0 saturated carbocycles. The third-order valence-corrected chi connectivity index (χ3v) is 6.84. The summed E-state index contributed by atoms with van der Waals surface area (Å²) in [6.45, 7) is 4.10. The Kier molecular flexibility index (Phi) is 13.5. The van der Waals surface area contributed by atoms with Crippen LogP contribution in [0.1, 0.15) is 29.0 Å². The fourth-order valence-corrected chi connectivity index (χ4v) is 4.75. The summed E-state index contributed by atoms with van der Waals surface area (Å²) in [5.41, 5.74) is 8.89. The van der Waals surface area contributed by atoms with E-state index in [4.69, 9.17) is 24.7 Å². The van der Waals surface area contributed by atoms with Crippen LogP contribution in [-0.4, -0.2) is 75.2 Å². The molecule has 11 nitrogen and oxygen atoms in total. The number of nitrogens with zero attached hydrogens (tertiary/aromatic N) is 3. The minimum absolute atomic E-state index is 0.230. The highest BCUT2D eigenvalue weighted by molar-refractivity contribution is 5.49. The highest BCUT2D eigenvalue weighted by atomic mass is 16.5. The van der Waals surface area contributed by atoms with Crippen LogP contribution in [0, 0.1) is 0 Å². The van der Waals surface area contributed by atoms with E-state index < -0.39 is 0 Å². The van der Waals surface area contributed by atoms with E-state index in [-0.39, 0.29) is 5.92 Å². The molecule has 11 heteroatoms. The fraction of sp³-hybridized carbons (Fsp3) is 0.364. The second kappa shape index (κ2) is 18.3. The predicted octanol–water partition coefficient (Wildman–Crippen LogP) is 4.54. The van der Waals surface area contributed by atoms with Gasteiger partial charge >= 0.3 is 0 Å². The van der Waals surface area contributed by atoms with E-state index in [9.17, 15) is 0 Å². The number of aromatic nitrogens is 3. The molecule has 1 aromatic heterocycles. The summed E-state index contributed by atoms with van der Waals surface area (Å²) in [5, 5.41) is 9.98. The maximum atomic E-state index is 5.63. The summed E-state index contributed by atoms with van der Waals surface area (Å²) < 4.78 is 22.0. The third-order valence-electron chi connectivity index (χ3n) is 6.84. The lowest BCUT2D eigenvalue weighted by molar-refractivity contribution is 0.0547. The average Bonchev–Trinajstić information content (AvgIpc) is 3.07. The molecule has 0 unspecified atom stereocenters. The standard InChI is InChI=1S/C33H43N7O4/c1-41-29-15-9-14-27(30(29)42-2)24-37-33-39-31(38-32(40-33)36-19-21-44-23-22-43-20-17-34)35-18-16-28(25-10-5-3-6-11-25)26-12-7-4-8-13-26/h3-15,28H,16-24,34H2,1-2H3,(H3,35,36,37,38,39,40). The molecule has 0 spiro atoms. The fourth-order valence-electron chi connectivity index (χ4n) is 4.75. The molecule has 4 aromatic rings. The Hall–Kier alpha value is -4.45. The van der Waals surface area contributed by atoms with Gasteiger partial charge in [-0.25, -0.2) is 0 Å². The molecule has 0 aliphatic heterocycles. The quantitative estimate of drug-likeness (QED) is 0.106. The molecule has 0 aliphatic rings. The van der Waals surface area contributed by atoms with Gasteiger partial charge in [0.2, 0.25) is 17.8 Å². The molecule has 4 rings (SSSR count). The topological polar surface area (TPSA) is 138 Å². The van der Waals surface area contributed by atoms with Crippen molar-refractivity contribution in [2.24, 2.45) is 5.73 Å². The van der Waals surface area contributed by atoms with Gasteiger partial charge in [0.1, 0.15) is 0 Å². The van der Waals surface area contributed by atoms with Crippen LogP contribution >= 0.6 is 0 Å². The Morgan fingerprint density at radius 3 is 1.82 bits per heavy atom. The molecule has 3 aromatic carbocycles. The molecular weight excluding hydrogens is 558 g/mol. The first-order valence-corrected chi connectivity index (χ1v) is 14.8. The van der Waals surface area contributed by atoms with Gasteiger partial charge in [0, 0.05) is 37.7 Å². The summed E-state index contributed by atoms with van der Waals surface area (Å²) in [6.07, 6.45) is 0.853. The molecule has 0 amide bonds. The molecular formula is C33H43N7O4. The molecule has 234 valence electrons. The van der Waals surface area contributed by atoms with E-state index in [2.05, 4.69) is 79.4 Å². The molecule has 0 saturated heterocycles. The van der Waals surface area contributed by atoms with E-state index in [0.29, 0.717) is 82.0 Å². The van der Waals surface area contributed by atoms with Crippen LogP contribution in [-0.2, 0) is 16.0 Å². The van der Waals surface area contributed by atoms with E-state index in [1.54, 1.807) is 14.2 Å². The molecule has 0 bridgehead atoms. The Morgan fingerprint density at radius 1 is 0.636 bits per heavy atom. The minimum Gasteiger partial charge on any atom is -0.493 e. The SMILES string of the molecule is COc1cccc(CNc2nc(NCCOCCOCCN)nc(NCCC(c3ccccc3)c3ccccc3)n2)c1OC. The molecule has 0 atom stereocenters. The van der Waals surface area contributed by atoms with Gasteiger partial charge in [0.05, 0.1) is 40.6 Å². The van der Waals surface area contributed by atoms with E-state index in [1.165, 1.54) is 11.1 Å². The van der Waals surface area contributed by atoms with Crippen molar-refractivity contribution in [1.82, 2.24) is 15.0 Å². The largest absolute Gasteiger partial charge is 0.493 e. The van der Waals surface area contributed by atoms with Gasteiger partial charge in [0.25, 0.3) is 0 Å². The molecule has 5 N–H and O–H groups in total.